The lowest BCUT2D eigenvalue weighted by molar-refractivity contribution is -0.119. The normalized spacial score (nSPS) is 11.3. The second-order valence-electron chi connectivity index (χ2n) is 5.83. The summed E-state index contributed by atoms with van der Waals surface area (Å²) in [5.41, 5.74) is 14.8. The molecule has 3 aromatic rings. The molecule has 13 nitrogen and oxygen atoms in total. The number of nitrogens with two attached hydrogens (primary N) is 2. The van der Waals surface area contributed by atoms with Gasteiger partial charge < -0.3 is 16.2 Å². The SMILES string of the molecule is C/C(=N\NC(=O)c1c(C)nnn1-c1nonc1N)c1ccc(OCC(N)=O)cc1. The number of aromatic nitrogens is 5. The van der Waals surface area contributed by atoms with Crippen molar-refractivity contribution in [3.05, 3.63) is 41.2 Å². The molecule has 0 aliphatic carbocycles. The van der Waals surface area contributed by atoms with Crippen LogP contribution in [0, 0.1) is 6.92 Å². The molecular weight excluding hydrogens is 382 g/mol. The van der Waals surface area contributed by atoms with Crippen molar-refractivity contribution < 1.29 is 19.0 Å². The number of hydrazone groups is 1. The van der Waals surface area contributed by atoms with Gasteiger partial charge in [0.1, 0.15) is 5.75 Å². The van der Waals surface area contributed by atoms with E-state index in [0.29, 0.717) is 17.2 Å². The second kappa shape index (κ2) is 8.16. The quantitative estimate of drug-likeness (QED) is 0.349. The molecule has 0 unspecified atom stereocenters. The number of aryl methyl sites for hydroxylation is 1. The number of nitrogen functional groups attached to an aromatic ring is 1. The standard InChI is InChI=1S/C16H17N9O4/c1-8(10-3-5-11(6-4-10)28-7-12(17)26)19-21-16(27)13-9(2)20-24-25(13)15-14(18)22-29-23-15/h3-6H,7H2,1-2H3,(H2,17,26)(H2,18,22)(H,21,27)/b19-8+. The molecule has 5 N–H and O–H groups in total. The number of hydrogen-bond donors (Lipinski definition) is 3. The summed E-state index contributed by atoms with van der Waals surface area (Å²) >= 11 is 0. The van der Waals surface area contributed by atoms with E-state index in [-0.39, 0.29) is 23.9 Å². The number of nitrogens with zero attached hydrogens (tertiary/aromatic N) is 6. The van der Waals surface area contributed by atoms with Crippen molar-refractivity contribution in [2.45, 2.75) is 13.8 Å². The van der Waals surface area contributed by atoms with Crippen molar-refractivity contribution in [3.8, 4) is 11.6 Å². The van der Waals surface area contributed by atoms with Crippen molar-refractivity contribution in [1.29, 1.82) is 0 Å². The molecule has 29 heavy (non-hydrogen) atoms. The number of carbonyl (C=O) groups is 2. The van der Waals surface area contributed by atoms with Crippen LogP contribution in [0.2, 0.25) is 0 Å². The number of primary amides is 1. The summed E-state index contributed by atoms with van der Waals surface area (Å²) in [6.07, 6.45) is 0. The first-order valence-electron chi connectivity index (χ1n) is 8.23. The second-order valence-corrected chi connectivity index (χ2v) is 5.83. The zero-order valence-corrected chi connectivity index (χ0v) is 15.5. The predicted octanol–water partition coefficient (Wildman–Crippen LogP) is -0.441. The Morgan fingerprint density at radius 3 is 2.62 bits per heavy atom. The van der Waals surface area contributed by atoms with Crippen molar-refractivity contribution in [2.24, 2.45) is 10.8 Å². The maximum absolute atomic E-state index is 12.6. The lowest BCUT2D eigenvalue weighted by Crippen LogP contribution is -2.24. The molecule has 0 saturated carbocycles. The Balaban J connectivity index is 1.73. The van der Waals surface area contributed by atoms with Crippen molar-refractivity contribution in [2.75, 3.05) is 12.3 Å². The average Bonchev–Trinajstić information content (AvgIpc) is 3.29. The highest BCUT2D eigenvalue weighted by molar-refractivity contribution is 6.00. The highest BCUT2D eigenvalue weighted by Crippen LogP contribution is 2.15. The van der Waals surface area contributed by atoms with E-state index in [1.165, 1.54) is 0 Å². The van der Waals surface area contributed by atoms with E-state index in [0.717, 1.165) is 10.2 Å². The van der Waals surface area contributed by atoms with Crippen molar-refractivity contribution in [1.82, 2.24) is 30.7 Å². The zero-order chi connectivity index (χ0) is 21.0. The van der Waals surface area contributed by atoms with Crippen LogP contribution in [0.1, 0.15) is 28.7 Å². The number of anilines is 1. The molecule has 2 aromatic heterocycles. The molecule has 2 heterocycles. The van der Waals surface area contributed by atoms with Crippen LogP contribution in [0.3, 0.4) is 0 Å². The first-order valence-corrected chi connectivity index (χ1v) is 8.23. The smallest absolute Gasteiger partial charge is 0.292 e. The predicted molar refractivity (Wildman–Crippen MR) is 99.2 cm³/mol. The van der Waals surface area contributed by atoms with Crippen LogP contribution in [0.15, 0.2) is 34.0 Å². The number of carbonyl (C=O) groups excluding carboxylic acids is 2. The van der Waals surface area contributed by atoms with Crippen molar-refractivity contribution >= 4 is 23.3 Å². The van der Waals surface area contributed by atoms with E-state index < -0.39 is 11.8 Å². The summed E-state index contributed by atoms with van der Waals surface area (Å²) < 4.78 is 10.8. The van der Waals surface area contributed by atoms with Crippen LogP contribution < -0.4 is 21.6 Å². The third-order valence-electron chi connectivity index (χ3n) is 3.73. The fourth-order valence-corrected chi connectivity index (χ4v) is 2.30. The van der Waals surface area contributed by atoms with Gasteiger partial charge in [0, 0.05) is 0 Å². The summed E-state index contributed by atoms with van der Waals surface area (Å²) in [5.74, 6) is -0.656. The van der Waals surface area contributed by atoms with Gasteiger partial charge in [0.2, 0.25) is 11.6 Å². The minimum atomic E-state index is -0.573. The van der Waals surface area contributed by atoms with Crippen molar-refractivity contribution in [3.63, 3.8) is 0 Å². The van der Waals surface area contributed by atoms with E-state index >= 15 is 0 Å². The molecule has 0 spiro atoms. The molecule has 0 radical (unpaired) electrons. The van der Waals surface area contributed by atoms with Crippen LogP contribution in [0.25, 0.3) is 5.82 Å². The van der Waals surface area contributed by atoms with Crippen LogP contribution in [-0.4, -0.2) is 49.4 Å². The fraction of sp³-hybridized carbons (Fsp3) is 0.188. The Hall–Kier alpha value is -4.29. The van der Waals surface area contributed by atoms with Crippen LogP contribution in [0.4, 0.5) is 5.82 Å². The molecule has 2 amide bonds. The number of ether oxygens (including phenoxy) is 1. The third-order valence-corrected chi connectivity index (χ3v) is 3.73. The van der Waals surface area contributed by atoms with Gasteiger partial charge in [-0.1, -0.05) is 5.21 Å². The summed E-state index contributed by atoms with van der Waals surface area (Å²) in [6, 6.07) is 6.76. The third kappa shape index (κ3) is 4.35. The molecular formula is C16H17N9O4. The average molecular weight is 399 g/mol. The monoisotopic (exact) mass is 399 g/mol. The summed E-state index contributed by atoms with van der Waals surface area (Å²) in [7, 11) is 0. The largest absolute Gasteiger partial charge is 0.484 e. The summed E-state index contributed by atoms with van der Waals surface area (Å²) in [5, 5.41) is 18.8. The number of hydrogen-bond acceptors (Lipinski definition) is 10. The van der Waals surface area contributed by atoms with E-state index in [1.54, 1.807) is 38.1 Å². The van der Waals surface area contributed by atoms with Gasteiger partial charge in [-0.05, 0) is 54.0 Å². The molecule has 0 bridgehead atoms. The first-order chi connectivity index (χ1) is 13.9. The van der Waals surface area contributed by atoms with E-state index in [4.69, 9.17) is 16.2 Å². The van der Waals surface area contributed by atoms with Crippen LogP contribution in [-0.2, 0) is 4.79 Å². The Bertz CT molecular complexity index is 1070. The summed E-state index contributed by atoms with van der Waals surface area (Å²) in [4.78, 5) is 23.3. The van der Waals surface area contributed by atoms with Gasteiger partial charge in [0.05, 0.1) is 11.4 Å². The molecule has 0 atom stereocenters. The molecule has 1 aromatic carbocycles. The Labute approximate surface area is 163 Å². The van der Waals surface area contributed by atoms with Gasteiger partial charge in [0.25, 0.3) is 11.8 Å². The lowest BCUT2D eigenvalue weighted by Gasteiger charge is -2.06. The number of amides is 2. The van der Waals surface area contributed by atoms with Gasteiger partial charge in [-0.3, -0.25) is 9.59 Å². The maximum atomic E-state index is 12.6. The number of rotatable bonds is 7. The van der Waals surface area contributed by atoms with Gasteiger partial charge in [-0.2, -0.15) is 9.78 Å². The minimum absolute atomic E-state index is 0.0396. The molecule has 150 valence electrons. The molecule has 3 rings (SSSR count). The molecule has 0 saturated heterocycles. The summed E-state index contributed by atoms with van der Waals surface area (Å²) in [6.45, 7) is 3.10. The zero-order valence-electron chi connectivity index (χ0n) is 15.5. The Morgan fingerprint density at radius 1 is 1.28 bits per heavy atom. The molecule has 0 fully saturated rings. The van der Waals surface area contributed by atoms with Gasteiger partial charge in [-0.25, -0.2) is 10.1 Å². The Kier molecular flexibility index (Phi) is 5.48. The first kappa shape index (κ1) is 19.5. The topological polar surface area (TPSA) is 189 Å². The Morgan fingerprint density at radius 2 is 2.00 bits per heavy atom. The molecule has 0 aliphatic rings. The minimum Gasteiger partial charge on any atom is -0.484 e. The highest BCUT2D eigenvalue weighted by Gasteiger charge is 2.22. The van der Waals surface area contributed by atoms with Gasteiger partial charge in [-0.15, -0.1) is 5.10 Å². The molecule has 0 aliphatic heterocycles. The van der Waals surface area contributed by atoms with E-state index in [2.05, 4.69) is 35.8 Å². The van der Waals surface area contributed by atoms with Gasteiger partial charge >= 0.3 is 0 Å². The number of benzene rings is 1. The fourth-order valence-electron chi connectivity index (χ4n) is 2.30. The van der Waals surface area contributed by atoms with E-state index in [1.807, 2.05) is 0 Å². The van der Waals surface area contributed by atoms with Crippen LogP contribution >= 0.6 is 0 Å². The lowest BCUT2D eigenvalue weighted by atomic mass is 10.1. The number of nitrogens with one attached hydrogen (secondary N) is 1. The van der Waals surface area contributed by atoms with Crippen LogP contribution in [0.5, 0.6) is 5.75 Å². The highest BCUT2D eigenvalue weighted by atomic mass is 16.6. The van der Waals surface area contributed by atoms with E-state index in [9.17, 15) is 9.59 Å². The maximum Gasteiger partial charge on any atom is 0.292 e. The van der Waals surface area contributed by atoms with Gasteiger partial charge in [0.15, 0.2) is 12.3 Å². The molecule has 13 heteroatoms.